The molecule has 1 aliphatic heterocycles. The normalized spacial score (nSPS) is 14.5. The molecule has 25 heavy (non-hydrogen) atoms. The summed E-state index contributed by atoms with van der Waals surface area (Å²) in [6.45, 7) is 6.52. The SMILES string of the molecule is CCN(Cc1ccccc1)C(=O)N1CCN(c2cccc(Cl)c2)CC1. The number of urea groups is 1. The average Bonchev–Trinajstić information content (AvgIpc) is 2.66. The summed E-state index contributed by atoms with van der Waals surface area (Å²) in [5, 5.41) is 0.746. The lowest BCUT2D eigenvalue weighted by molar-refractivity contribution is 0.149. The predicted octanol–water partition coefficient (Wildman–Crippen LogP) is 4.10. The summed E-state index contributed by atoms with van der Waals surface area (Å²) in [5.74, 6) is 0. The molecule has 0 spiro atoms. The smallest absolute Gasteiger partial charge is 0.320 e. The highest BCUT2D eigenvalue weighted by atomic mass is 35.5. The minimum Gasteiger partial charge on any atom is -0.368 e. The topological polar surface area (TPSA) is 26.8 Å². The molecule has 1 saturated heterocycles. The van der Waals surface area contributed by atoms with Gasteiger partial charge in [-0.15, -0.1) is 0 Å². The highest BCUT2D eigenvalue weighted by Crippen LogP contribution is 2.21. The zero-order chi connectivity index (χ0) is 17.6. The van der Waals surface area contributed by atoms with E-state index in [0.717, 1.165) is 42.5 Å². The van der Waals surface area contributed by atoms with Crippen molar-refractivity contribution >= 4 is 23.3 Å². The molecule has 0 unspecified atom stereocenters. The number of rotatable bonds is 4. The lowest BCUT2D eigenvalue weighted by Crippen LogP contribution is -2.52. The first-order valence-corrected chi connectivity index (χ1v) is 9.13. The molecule has 2 aromatic rings. The lowest BCUT2D eigenvalue weighted by Gasteiger charge is -2.38. The molecular formula is C20H24ClN3O. The van der Waals surface area contributed by atoms with Crippen molar-refractivity contribution in [1.82, 2.24) is 9.80 Å². The minimum atomic E-state index is 0.122. The van der Waals surface area contributed by atoms with E-state index < -0.39 is 0 Å². The molecule has 1 heterocycles. The van der Waals surface area contributed by atoms with Gasteiger partial charge >= 0.3 is 6.03 Å². The Labute approximate surface area is 154 Å². The van der Waals surface area contributed by atoms with Crippen LogP contribution in [0.15, 0.2) is 54.6 Å². The van der Waals surface area contributed by atoms with Gasteiger partial charge in [-0.3, -0.25) is 0 Å². The fourth-order valence-electron chi connectivity index (χ4n) is 3.15. The van der Waals surface area contributed by atoms with E-state index in [4.69, 9.17) is 11.6 Å². The summed E-state index contributed by atoms with van der Waals surface area (Å²) >= 11 is 6.08. The highest BCUT2D eigenvalue weighted by molar-refractivity contribution is 6.30. The molecule has 2 aromatic carbocycles. The van der Waals surface area contributed by atoms with E-state index in [-0.39, 0.29) is 6.03 Å². The molecule has 132 valence electrons. The second-order valence-corrected chi connectivity index (χ2v) is 6.67. The molecule has 0 aliphatic carbocycles. The van der Waals surface area contributed by atoms with Gasteiger partial charge in [0.05, 0.1) is 0 Å². The Balaban J connectivity index is 1.58. The predicted molar refractivity (Wildman–Crippen MR) is 103 cm³/mol. The van der Waals surface area contributed by atoms with E-state index >= 15 is 0 Å². The Morgan fingerprint density at radius 3 is 2.40 bits per heavy atom. The van der Waals surface area contributed by atoms with Gasteiger partial charge in [-0.2, -0.15) is 0 Å². The van der Waals surface area contributed by atoms with Crippen molar-refractivity contribution < 1.29 is 4.79 Å². The fourth-order valence-corrected chi connectivity index (χ4v) is 3.33. The van der Waals surface area contributed by atoms with E-state index in [2.05, 4.69) is 23.1 Å². The Kier molecular flexibility index (Phi) is 5.82. The Bertz CT molecular complexity index is 699. The van der Waals surface area contributed by atoms with Gasteiger partial charge in [-0.05, 0) is 30.7 Å². The van der Waals surface area contributed by atoms with Gasteiger partial charge in [0, 0.05) is 50.0 Å². The second-order valence-electron chi connectivity index (χ2n) is 6.24. The van der Waals surface area contributed by atoms with Crippen LogP contribution in [0.2, 0.25) is 5.02 Å². The van der Waals surface area contributed by atoms with Crippen LogP contribution in [0.25, 0.3) is 0 Å². The van der Waals surface area contributed by atoms with Crippen LogP contribution in [-0.2, 0) is 6.54 Å². The number of piperazine rings is 1. The third-order valence-corrected chi connectivity index (χ3v) is 4.83. The lowest BCUT2D eigenvalue weighted by atomic mass is 10.2. The van der Waals surface area contributed by atoms with E-state index in [1.807, 2.05) is 53.1 Å². The van der Waals surface area contributed by atoms with Crippen molar-refractivity contribution in [3.05, 3.63) is 65.2 Å². The van der Waals surface area contributed by atoms with Gasteiger partial charge in [0.15, 0.2) is 0 Å². The third kappa shape index (κ3) is 4.45. The van der Waals surface area contributed by atoms with Crippen molar-refractivity contribution in [2.75, 3.05) is 37.6 Å². The molecular weight excluding hydrogens is 334 g/mol. The van der Waals surface area contributed by atoms with Crippen LogP contribution >= 0.6 is 11.6 Å². The van der Waals surface area contributed by atoms with Crippen molar-refractivity contribution in [1.29, 1.82) is 0 Å². The fraction of sp³-hybridized carbons (Fsp3) is 0.350. The molecule has 2 amide bonds. The minimum absolute atomic E-state index is 0.122. The van der Waals surface area contributed by atoms with Crippen molar-refractivity contribution in [2.45, 2.75) is 13.5 Å². The van der Waals surface area contributed by atoms with Crippen LogP contribution in [0.3, 0.4) is 0 Å². The maximum Gasteiger partial charge on any atom is 0.320 e. The van der Waals surface area contributed by atoms with E-state index in [1.165, 1.54) is 0 Å². The van der Waals surface area contributed by atoms with Gasteiger partial charge < -0.3 is 14.7 Å². The van der Waals surface area contributed by atoms with Gasteiger partial charge in [0.25, 0.3) is 0 Å². The monoisotopic (exact) mass is 357 g/mol. The zero-order valence-corrected chi connectivity index (χ0v) is 15.3. The molecule has 4 nitrogen and oxygen atoms in total. The third-order valence-electron chi connectivity index (χ3n) is 4.59. The largest absolute Gasteiger partial charge is 0.368 e. The van der Waals surface area contributed by atoms with Gasteiger partial charge in [-0.1, -0.05) is 48.0 Å². The number of amides is 2. The van der Waals surface area contributed by atoms with E-state index in [0.29, 0.717) is 13.1 Å². The molecule has 3 rings (SSSR count). The molecule has 0 N–H and O–H groups in total. The average molecular weight is 358 g/mol. The van der Waals surface area contributed by atoms with Crippen molar-refractivity contribution in [2.24, 2.45) is 0 Å². The molecule has 0 atom stereocenters. The quantitative estimate of drug-likeness (QED) is 0.823. The number of hydrogen-bond donors (Lipinski definition) is 0. The van der Waals surface area contributed by atoms with Crippen LogP contribution in [0.5, 0.6) is 0 Å². The van der Waals surface area contributed by atoms with Gasteiger partial charge in [0.1, 0.15) is 0 Å². The summed E-state index contributed by atoms with van der Waals surface area (Å²) in [5.41, 5.74) is 2.28. The molecule has 5 heteroatoms. The van der Waals surface area contributed by atoms with E-state index in [1.54, 1.807) is 0 Å². The second kappa shape index (κ2) is 8.26. The molecule has 0 aromatic heterocycles. The summed E-state index contributed by atoms with van der Waals surface area (Å²) in [6.07, 6.45) is 0. The Hall–Kier alpha value is -2.20. The molecule has 0 bridgehead atoms. The number of hydrogen-bond acceptors (Lipinski definition) is 2. The van der Waals surface area contributed by atoms with Crippen LogP contribution in [0, 0.1) is 0 Å². The standard InChI is InChI=1S/C20H24ClN3O/c1-2-22(16-17-7-4-3-5-8-17)20(25)24-13-11-23(12-14-24)19-10-6-9-18(21)15-19/h3-10,15H,2,11-14,16H2,1H3. The Morgan fingerprint density at radius 1 is 1.04 bits per heavy atom. The van der Waals surface area contributed by atoms with Crippen LogP contribution < -0.4 is 4.90 Å². The van der Waals surface area contributed by atoms with Crippen LogP contribution in [0.1, 0.15) is 12.5 Å². The number of halogens is 1. The summed E-state index contributed by atoms with van der Waals surface area (Å²) in [4.78, 5) is 19.0. The maximum absolute atomic E-state index is 12.8. The van der Waals surface area contributed by atoms with Gasteiger partial charge in [-0.25, -0.2) is 4.79 Å². The molecule has 0 radical (unpaired) electrons. The number of benzene rings is 2. The number of nitrogens with zero attached hydrogens (tertiary/aromatic N) is 3. The zero-order valence-electron chi connectivity index (χ0n) is 14.6. The Morgan fingerprint density at radius 2 is 1.76 bits per heavy atom. The number of carbonyl (C=O) groups is 1. The number of carbonyl (C=O) groups excluding carboxylic acids is 1. The molecule has 1 aliphatic rings. The first-order valence-electron chi connectivity index (χ1n) is 8.75. The molecule has 0 saturated carbocycles. The summed E-state index contributed by atoms with van der Waals surface area (Å²) < 4.78 is 0. The van der Waals surface area contributed by atoms with E-state index in [9.17, 15) is 4.79 Å². The van der Waals surface area contributed by atoms with Crippen molar-refractivity contribution in [3.63, 3.8) is 0 Å². The molecule has 1 fully saturated rings. The maximum atomic E-state index is 12.8. The van der Waals surface area contributed by atoms with Crippen molar-refractivity contribution in [3.8, 4) is 0 Å². The van der Waals surface area contributed by atoms with Crippen LogP contribution in [-0.4, -0.2) is 48.6 Å². The summed E-state index contributed by atoms with van der Waals surface area (Å²) in [7, 11) is 0. The highest BCUT2D eigenvalue weighted by Gasteiger charge is 2.24. The van der Waals surface area contributed by atoms with Gasteiger partial charge in [0.2, 0.25) is 0 Å². The first kappa shape index (κ1) is 17.6. The van der Waals surface area contributed by atoms with Crippen LogP contribution in [0.4, 0.5) is 10.5 Å². The first-order chi connectivity index (χ1) is 12.2. The summed E-state index contributed by atoms with van der Waals surface area (Å²) in [6, 6.07) is 18.2. The number of anilines is 1.